The van der Waals surface area contributed by atoms with Gasteiger partial charge in [0.1, 0.15) is 0 Å². The first-order chi connectivity index (χ1) is 15.5. The van der Waals surface area contributed by atoms with Gasteiger partial charge < -0.3 is 32.5 Å². The lowest BCUT2D eigenvalue weighted by Gasteiger charge is -1.95. The molecule has 0 aliphatic rings. The van der Waals surface area contributed by atoms with E-state index in [1.165, 1.54) is 12.2 Å². The average Bonchev–Trinajstić information content (AvgIpc) is 2.83. The molecule has 0 rings (SSSR count). The Labute approximate surface area is 189 Å². The van der Waals surface area contributed by atoms with E-state index in [9.17, 15) is 0 Å². The minimum Gasteiger partial charge on any atom is -0.308 e. The Morgan fingerprint density at radius 1 is 0.344 bits per heavy atom. The summed E-state index contributed by atoms with van der Waals surface area (Å²) in [6, 6.07) is 0. The van der Waals surface area contributed by atoms with Crippen molar-refractivity contribution >= 4 is 37.3 Å². The predicted octanol–water partition coefficient (Wildman–Crippen LogP) is 5.93. The smallest absolute Gasteiger partial charge is 0.0250 e. The van der Waals surface area contributed by atoms with E-state index in [4.69, 9.17) is 32.5 Å². The Balaban J connectivity index is 5.71. The average molecular weight is 425 g/mol. The van der Waals surface area contributed by atoms with Crippen molar-refractivity contribution < 1.29 is 0 Å². The molecule has 6 N–H and O–H groups in total. The highest BCUT2D eigenvalue weighted by molar-refractivity contribution is 5.87. The summed E-state index contributed by atoms with van der Waals surface area (Å²) in [5.74, 6) is 0. The van der Waals surface area contributed by atoms with Gasteiger partial charge >= 0.3 is 0 Å². The highest BCUT2D eigenvalue weighted by Gasteiger charge is 1.92. The molecule has 0 aliphatic heterocycles. The van der Waals surface area contributed by atoms with E-state index in [2.05, 4.69) is 13.2 Å². The molecule has 0 amide bonds. The maximum absolute atomic E-state index is 7.57. The molecule has 0 atom stereocenters. The third-order valence-electron chi connectivity index (χ3n) is 3.81. The van der Waals surface area contributed by atoms with Crippen molar-refractivity contribution in [2.45, 2.75) is 0 Å². The van der Waals surface area contributed by atoms with Crippen molar-refractivity contribution in [1.82, 2.24) is 0 Å². The molecule has 0 bridgehead atoms. The molecule has 0 spiro atoms. The fourth-order valence-electron chi connectivity index (χ4n) is 1.92. The second-order valence-corrected chi connectivity index (χ2v) is 5.94. The predicted molar refractivity (Wildman–Crippen MR) is 140 cm³/mol. The first-order valence-corrected chi connectivity index (χ1v) is 9.41. The van der Waals surface area contributed by atoms with Crippen molar-refractivity contribution in [2.24, 2.45) is 0 Å². The van der Waals surface area contributed by atoms with Crippen LogP contribution in [0.3, 0.4) is 0 Å². The summed E-state index contributed by atoms with van der Waals surface area (Å²) in [5.41, 5.74) is 3.48. The fourth-order valence-corrected chi connectivity index (χ4v) is 1.92. The largest absolute Gasteiger partial charge is 0.308 e. The molecule has 0 aromatic carbocycles. The van der Waals surface area contributed by atoms with Crippen molar-refractivity contribution in [3.8, 4) is 0 Å². The van der Waals surface area contributed by atoms with Crippen LogP contribution in [0.15, 0.2) is 120 Å². The van der Waals surface area contributed by atoms with E-state index in [1.807, 2.05) is 0 Å². The van der Waals surface area contributed by atoms with E-state index in [-0.39, 0.29) is 0 Å². The van der Waals surface area contributed by atoms with E-state index >= 15 is 0 Å². The lowest BCUT2D eigenvalue weighted by molar-refractivity contribution is 1.52. The number of rotatable bonds is 15. The zero-order chi connectivity index (χ0) is 24.2. The van der Waals surface area contributed by atoms with Gasteiger partial charge in [-0.25, -0.2) is 0 Å². The molecular formula is C26H28N6. The molecular weight excluding hydrogens is 396 g/mol. The first kappa shape index (κ1) is 27.4. The Kier molecular flexibility index (Phi) is 14.8. The van der Waals surface area contributed by atoms with Crippen LogP contribution in [0.25, 0.3) is 0 Å². The van der Waals surface area contributed by atoms with Gasteiger partial charge in [-0.2, -0.15) is 0 Å². The molecule has 0 fully saturated rings. The van der Waals surface area contributed by atoms with Crippen molar-refractivity contribution in [3.05, 3.63) is 120 Å². The van der Waals surface area contributed by atoms with Gasteiger partial charge in [0.15, 0.2) is 0 Å². The van der Waals surface area contributed by atoms with Gasteiger partial charge in [0.05, 0.1) is 0 Å². The van der Waals surface area contributed by atoms with Crippen LogP contribution in [0.1, 0.15) is 0 Å². The summed E-state index contributed by atoms with van der Waals surface area (Å²) in [6.07, 6.45) is 26.7. The normalized spacial score (nSPS) is 14.2. The second-order valence-electron chi connectivity index (χ2n) is 5.94. The minimum atomic E-state index is 0.554. The van der Waals surface area contributed by atoms with Gasteiger partial charge in [-0.05, 0) is 33.4 Å². The van der Waals surface area contributed by atoms with Gasteiger partial charge in [0.2, 0.25) is 0 Å². The molecule has 0 saturated carbocycles. The van der Waals surface area contributed by atoms with Crippen LogP contribution in [-0.2, 0) is 0 Å². The van der Waals surface area contributed by atoms with E-state index in [1.54, 1.807) is 60.8 Å². The maximum Gasteiger partial charge on any atom is 0.0250 e. The van der Waals surface area contributed by atoms with Crippen molar-refractivity contribution in [2.75, 3.05) is 0 Å². The Bertz CT molecular complexity index is 903. The van der Waals surface area contributed by atoms with Crippen LogP contribution < -0.4 is 0 Å². The fraction of sp³-hybridized carbons (Fsp3) is 0. The maximum atomic E-state index is 7.57. The molecule has 6 nitrogen and oxygen atoms in total. The van der Waals surface area contributed by atoms with Crippen LogP contribution in [0, 0.1) is 32.5 Å². The Morgan fingerprint density at radius 2 is 0.531 bits per heavy atom. The van der Waals surface area contributed by atoms with E-state index in [0.717, 1.165) is 37.3 Å². The summed E-state index contributed by atoms with van der Waals surface area (Å²) in [7, 11) is 0. The van der Waals surface area contributed by atoms with Crippen LogP contribution in [0.2, 0.25) is 0 Å². The van der Waals surface area contributed by atoms with Gasteiger partial charge in [0, 0.05) is 37.3 Å². The van der Waals surface area contributed by atoms with Crippen LogP contribution in [-0.4, -0.2) is 37.3 Å². The third-order valence-corrected chi connectivity index (χ3v) is 3.81. The van der Waals surface area contributed by atoms with Gasteiger partial charge in [-0.1, -0.05) is 86.1 Å². The molecule has 0 saturated heterocycles. The van der Waals surface area contributed by atoms with E-state index in [0.29, 0.717) is 33.4 Å². The molecule has 162 valence electrons. The van der Waals surface area contributed by atoms with Crippen LogP contribution in [0.4, 0.5) is 0 Å². The Hall–Kier alpha value is -4.58. The number of allylic oxidation sites excluding steroid dienone is 18. The monoisotopic (exact) mass is 424 g/mol. The highest BCUT2D eigenvalue weighted by Crippen LogP contribution is 2.05. The lowest BCUT2D eigenvalue weighted by atomic mass is 10.1. The SMILES string of the molecule is C=C/C(C=N)=C/C=C(C=N)/C=C/C(C=N)=C/C=C(C=N)/C=C/C(C=N)=C/C=C(/C=C)C=N. The molecule has 0 heterocycles. The molecule has 0 unspecified atom stereocenters. The Morgan fingerprint density at radius 3 is 0.688 bits per heavy atom. The molecule has 6 heteroatoms. The number of hydrogen-bond donors (Lipinski definition) is 6. The van der Waals surface area contributed by atoms with Crippen LogP contribution in [0.5, 0.6) is 0 Å². The van der Waals surface area contributed by atoms with E-state index < -0.39 is 0 Å². The summed E-state index contributed by atoms with van der Waals surface area (Å²) in [6.45, 7) is 7.21. The molecule has 0 aromatic heterocycles. The lowest BCUT2D eigenvalue weighted by Crippen LogP contribution is -1.84. The summed E-state index contributed by atoms with van der Waals surface area (Å²) >= 11 is 0. The summed E-state index contributed by atoms with van der Waals surface area (Å²) < 4.78 is 0. The quantitative estimate of drug-likeness (QED) is 0.137. The number of hydrogen-bond acceptors (Lipinski definition) is 6. The zero-order valence-corrected chi connectivity index (χ0v) is 17.8. The topological polar surface area (TPSA) is 143 Å². The second kappa shape index (κ2) is 17.3. The highest BCUT2D eigenvalue weighted by atomic mass is 14.3. The molecule has 0 aliphatic carbocycles. The van der Waals surface area contributed by atoms with Crippen LogP contribution >= 0.6 is 0 Å². The summed E-state index contributed by atoms with van der Waals surface area (Å²) in [5, 5.41) is 44.6. The van der Waals surface area contributed by atoms with Gasteiger partial charge in [-0.15, -0.1) is 0 Å². The summed E-state index contributed by atoms with van der Waals surface area (Å²) in [4.78, 5) is 0. The number of nitrogens with one attached hydrogen (secondary N) is 6. The zero-order valence-electron chi connectivity index (χ0n) is 17.8. The minimum absolute atomic E-state index is 0.554. The third kappa shape index (κ3) is 11.4. The van der Waals surface area contributed by atoms with Gasteiger partial charge in [0.25, 0.3) is 0 Å². The molecule has 32 heavy (non-hydrogen) atoms. The standard InChI is InChI=1S/C26H28N6/c1-3-21(15-27)5-7-23(17-29)9-11-25(19-31)13-14-26(20-32)12-10-24(18-30)8-6-22(4-2)16-28/h3-20,27-32H,1-2H2/b11-9+,12-10+,21-5-,22-6-,23-7-,24-8-,25-13-,26-14-,27-15?,28-16?,29-17?,30-18?,31-19?,32-20?. The molecule has 0 aromatic rings. The van der Waals surface area contributed by atoms with Gasteiger partial charge in [-0.3, -0.25) is 0 Å². The molecule has 0 radical (unpaired) electrons. The van der Waals surface area contributed by atoms with Crippen molar-refractivity contribution in [3.63, 3.8) is 0 Å². The van der Waals surface area contributed by atoms with Crippen molar-refractivity contribution in [1.29, 1.82) is 32.5 Å². The first-order valence-electron chi connectivity index (χ1n) is 9.41.